The van der Waals surface area contributed by atoms with Gasteiger partial charge in [0.05, 0.1) is 9.40 Å². The smallest absolute Gasteiger partial charge is 0.293 e. The molecule has 0 spiro atoms. The molecule has 0 saturated heterocycles. The zero-order chi connectivity index (χ0) is 13.2. The van der Waals surface area contributed by atoms with Crippen LogP contribution in [0.25, 0.3) is 0 Å². The quantitative estimate of drug-likeness (QED) is 0.654. The van der Waals surface area contributed by atoms with Crippen LogP contribution in [0.3, 0.4) is 0 Å². The standard InChI is InChI=1S/C9H9BrFN3O3/c1-4(9(12)15)13-7-3-6(11)5(10)2-8(7)14(16)17/h2-4,13H,1H3,(H2,12,15). The first-order chi connectivity index (χ1) is 7.82. The summed E-state index contributed by atoms with van der Waals surface area (Å²) in [5.74, 6) is -1.36. The molecule has 1 rings (SSSR count). The number of nitro benzene ring substituents is 1. The van der Waals surface area contributed by atoms with Crippen molar-refractivity contribution in [2.24, 2.45) is 5.73 Å². The molecule has 3 N–H and O–H groups in total. The van der Waals surface area contributed by atoms with Crippen molar-refractivity contribution in [2.45, 2.75) is 13.0 Å². The lowest BCUT2D eigenvalue weighted by molar-refractivity contribution is -0.384. The lowest BCUT2D eigenvalue weighted by atomic mass is 10.2. The average molecular weight is 306 g/mol. The lowest BCUT2D eigenvalue weighted by Gasteiger charge is -2.12. The Labute approximate surface area is 104 Å². The molecule has 0 radical (unpaired) electrons. The Morgan fingerprint density at radius 1 is 1.65 bits per heavy atom. The molecule has 0 aromatic heterocycles. The fourth-order valence-electron chi connectivity index (χ4n) is 1.11. The Morgan fingerprint density at radius 3 is 2.71 bits per heavy atom. The second-order valence-electron chi connectivity index (χ2n) is 3.31. The first-order valence-electron chi connectivity index (χ1n) is 4.52. The van der Waals surface area contributed by atoms with Crippen LogP contribution in [0.15, 0.2) is 16.6 Å². The van der Waals surface area contributed by atoms with Gasteiger partial charge in [-0.15, -0.1) is 0 Å². The third-order valence-corrected chi connectivity index (χ3v) is 2.64. The minimum Gasteiger partial charge on any atom is -0.368 e. The highest BCUT2D eigenvalue weighted by atomic mass is 79.9. The highest BCUT2D eigenvalue weighted by molar-refractivity contribution is 9.10. The van der Waals surface area contributed by atoms with Gasteiger partial charge >= 0.3 is 0 Å². The van der Waals surface area contributed by atoms with Crippen LogP contribution in [-0.4, -0.2) is 16.9 Å². The van der Waals surface area contributed by atoms with Gasteiger partial charge in [-0.1, -0.05) is 0 Å². The number of hydrogen-bond acceptors (Lipinski definition) is 4. The van der Waals surface area contributed by atoms with Gasteiger partial charge in [0.15, 0.2) is 0 Å². The van der Waals surface area contributed by atoms with Gasteiger partial charge in [-0.05, 0) is 22.9 Å². The molecule has 1 amide bonds. The topological polar surface area (TPSA) is 98.3 Å². The molecular weight excluding hydrogens is 297 g/mol. The number of halogens is 2. The van der Waals surface area contributed by atoms with E-state index in [1.165, 1.54) is 6.92 Å². The molecule has 92 valence electrons. The summed E-state index contributed by atoms with van der Waals surface area (Å²) >= 11 is 2.84. The first-order valence-corrected chi connectivity index (χ1v) is 5.31. The van der Waals surface area contributed by atoms with E-state index in [4.69, 9.17) is 5.73 Å². The van der Waals surface area contributed by atoms with Gasteiger partial charge in [0, 0.05) is 12.1 Å². The van der Waals surface area contributed by atoms with Crippen LogP contribution in [0.5, 0.6) is 0 Å². The van der Waals surface area contributed by atoms with Crippen molar-refractivity contribution in [3.05, 3.63) is 32.5 Å². The number of primary amides is 1. The molecule has 8 heteroatoms. The predicted molar refractivity (Wildman–Crippen MR) is 63.0 cm³/mol. The molecule has 0 heterocycles. The van der Waals surface area contributed by atoms with Gasteiger partial charge in [0.2, 0.25) is 5.91 Å². The number of hydrogen-bond donors (Lipinski definition) is 2. The Hall–Kier alpha value is -1.70. The second-order valence-corrected chi connectivity index (χ2v) is 4.16. The zero-order valence-corrected chi connectivity index (χ0v) is 10.3. The average Bonchev–Trinajstić information content (AvgIpc) is 2.22. The second kappa shape index (κ2) is 5.09. The highest BCUT2D eigenvalue weighted by Crippen LogP contribution is 2.30. The highest BCUT2D eigenvalue weighted by Gasteiger charge is 2.20. The molecule has 0 aliphatic heterocycles. The van der Waals surface area contributed by atoms with Crippen molar-refractivity contribution in [2.75, 3.05) is 5.32 Å². The number of carbonyl (C=O) groups is 1. The summed E-state index contributed by atoms with van der Waals surface area (Å²) in [6, 6.07) is 1.11. The summed E-state index contributed by atoms with van der Waals surface area (Å²) in [5.41, 5.74) is 4.57. The molecule has 0 aliphatic rings. The van der Waals surface area contributed by atoms with E-state index in [1.807, 2.05) is 0 Å². The third-order valence-electron chi connectivity index (χ3n) is 2.03. The van der Waals surface area contributed by atoms with Crippen LogP contribution >= 0.6 is 15.9 Å². The Balaban J connectivity index is 3.17. The summed E-state index contributed by atoms with van der Waals surface area (Å²) in [6.07, 6.45) is 0. The number of nitro groups is 1. The number of amides is 1. The number of nitrogens with two attached hydrogens (primary N) is 1. The largest absolute Gasteiger partial charge is 0.368 e. The van der Waals surface area contributed by atoms with Gasteiger partial charge < -0.3 is 11.1 Å². The third kappa shape index (κ3) is 3.13. The molecule has 1 aromatic rings. The molecular formula is C9H9BrFN3O3. The monoisotopic (exact) mass is 305 g/mol. The summed E-state index contributed by atoms with van der Waals surface area (Å²) in [7, 11) is 0. The number of carbonyl (C=O) groups excluding carboxylic acids is 1. The van der Waals surface area contributed by atoms with Crippen molar-refractivity contribution in [3.63, 3.8) is 0 Å². The van der Waals surface area contributed by atoms with E-state index < -0.39 is 22.7 Å². The van der Waals surface area contributed by atoms with Gasteiger partial charge in [-0.3, -0.25) is 14.9 Å². The van der Waals surface area contributed by atoms with E-state index >= 15 is 0 Å². The predicted octanol–water partition coefficient (Wildman–Crippen LogP) is 1.78. The molecule has 0 fully saturated rings. The van der Waals surface area contributed by atoms with E-state index in [0.29, 0.717) is 0 Å². The Bertz CT molecular complexity index is 481. The Kier molecular flexibility index (Phi) is 4.00. The van der Waals surface area contributed by atoms with Gasteiger partial charge in [0.1, 0.15) is 17.5 Å². The van der Waals surface area contributed by atoms with Crippen LogP contribution < -0.4 is 11.1 Å². The van der Waals surface area contributed by atoms with Crippen LogP contribution in [0, 0.1) is 15.9 Å². The van der Waals surface area contributed by atoms with E-state index in [-0.39, 0.29) is 15.8 Å². The molecule has 1 aromatic carbocycles. The maximum absolute atomic E-state index is 13.2. The number of rotatable bonds is 4. The van der Waals surface area contributed by atoms with Crippen molar-refractivity contribution in [1.82, 2.24) is 0 Å². The molecule has 0 saturated carbocycles. The van der Waals surface area contributed by atoms with E-state index in [1.54, 1.807) is 0 Å². The molecule has 17 heavy (non-hydrogen) atoms. The minimum absolute atomic E-state index is 0.0264. The molecule has 0 aliphatic carbocycles. The van der Waals surface area contributed by atoms with E-state index in [9.17, 15) is 19.3 Å². The first kappa shape index (κ1) is 13.4. The fourth-order valence-corrected chi connectivity index (χ4v) is 1.44. The molecule has 1 atom stereocenters. The normalized spacial score (nSPS) is 11.9. The van der Waals surface area contributed by atoms with Crippen LogP contribution in [0.4, 0.5) is 15.8 Å². The molecule has 0 bridgehead atoms. The van der Waals surface area contributed by atoms with Crippen LogP contribution in [-0.2, 0) is 4.79 Å². The van der Waals surface area contributed by atoms with Crippen LogP contribution in [0.1, 0.15) is 6.92 Å². The van der Waals surface area contributed by atoms with Crippen molar-refractivity contribution >= 4 is 33.2 Å². The summed E-state index contributed by atoms with van der Waals surface area (Å²) in [4.78, 5) is 20.9. The lowest BCUT2D eigenvalue weighted by Crippen LogP contribution is -2.32. The number of benzene rings is 1. The van der Waals surface area contributed by atoms with Gasteiger partial charge in [-0.2, -0.15) is 0 Å². The van der Waals surface area contributed by atoms with E-state index in [2.05, 4.69) is 21.2 Å². The maximum atomic E-state index is 13.2. The minimum atomic E-state index is -0.839. The number of anilines is 1. The summed E-state index contributed by atoms with van der Waals surface area (Å²) in [5, 5.41) is 13.2. The fraction of sp³-hybridized carbons (Fsp3) is 0.222. The van der Waals surface area contributed by atoms with Crippen molar-refractivity contribution in [1.29, 1.82) is 0 Å². The number of nitrogens with zero attached hydrogens (tertiary/aromatic N) is 1. The number of nitrogens with one attached hydrogen (secondary N) is 1. The van der Waals surface area contributed by atoms with Gasteiger partial charge in [0.25, 0.3) is 5.69 Å². The zero-order valence-electron chi connectivity index (χ0n) is 8.74. The molecule has 6 nitrogen and oxygen atoms in total. The summed E-state index contributed by atoms with van der Waals surface area (Å²) in [6.45, 7) is 1.42. The molecule has 1 unspecified atom stereocenters. The maximum Gasteiger partial charge on any atom is 0.293 e. The van der Waals surface area contributed by atoms with Crippen molar-refractivity contribution in [3.8, 4) is 0 Å². The Morgan fingerprint density at radius 2 is 2.24 bits per heavy atom. The van der Waals surface area contributed by atoms with E-state index in [0.717, 1.165) is 12.1 Å². The summed E-state index contributed by atoms with van der Waals surface area (Å²) < 4.78 is 13.2. The SMILES string of the molecule is CC(Nc1cc(F)c(Br)cc1[N+](=O)[O-])C(N)=O. The van der Waals surface area contributed by atoms with Gasteiger partial charge in [-0.25, -0.2) is 4.39 Å². The van der Waals surface area contributed by atoms with Crippen LogP contribution in [0.2, 0.25) is 0 Å². The van der Waals surface area contributed by atoms with Crippen molar-refractivity contribution < 1.29 is 14.1 Å².